The Kier molecular flexibility index (Phi) is 52.0. The van der Waals surface area contributed by atoms with Gasteiger partial charge in [-0.05, 0) is 297 Å². The number of rotatable bonds is 29. The normalized spacial score (nSPS) is 28.9. The minimum atomic E-state index is 0.341. The Labute approximate surface area is 651 Å². The van der Waals surface area contributed by atoms with E-state index in [1.54, 1.807) is 0 Å². The molecule has 0 N–H and O–H groups in total. The molecular weight excluding hydrogens is 1300 g/mol. The van der Waals surface area contributed by atoms with Crippen molar-refractivity contribution in [1.82, 2.24) is 0 Å². The maximum Gasteiger partial charge on any atom is 0.0720 e. The van der Waals surface area contributed by atoms with Gasteiger partial charge in [0, 0.05) is 72.7 Å². The van der Waals surface area contributed by atoms with E-state index in [9.17, 15) is 0 Å². The van der Waals surface area contributed by atoms with Crippen LogP contribution in [0.1, 0.15) is 341 Å². The smallest absolute Gasteiger partial charge is 0.0720 e. The van der Waals surface area contributed by atoms with Gasteiger partial charge in [0.15, 0.2) is 0 Å². The van der Waals surface area contributed by atoms with Crippen LogP contribution in [0.4, 0.5) is 0 Å². The van der Waals surface area contributed by atoms with Gasteiger partial charge < -0.3 is 42.6 Å². The lowest BCUT2D eigenvalue weighted by Crippen LogP contribution is -2.46. The predicted molar refractivity (Wildman–Crippen MR) is 448 cm³/mol. The van der Waals surface area contributed by atoms with Gasteiger partial charge in [0.25, 0.3) is 0 Å². The first-order valence-electron chi connectivity index (χ1n) is 45.2. The Morgan fingerprint density at radius 3 is 1.42 bits per heavy atom. The van der Waals surface area contributed by atoms with Crippen molar-refractivity contribution in [3.05, 3.63) is 71.8 Å². The molecule has 0 aromatic heterocycles. The second kappa shape index (κ2) is 57.2. The maximum atomic E-state index is 5.92. The zero-order valence-corrected chi connectivity index (χ0v) is 72.4. The second-order valence-corrected chi connectivity index (χ2v) is 35.7. The number of benzene rings is 2. The van der Waals surface area contributed by atoms with Crippen molar-refractivity contribution in [2.75, 3.05) is 79.3 Å². The molecule has 0 heterocycles. The van der Waals surface area contributed by atoms with Crippen LogP contribution in [-0.2, 0) is 55.7 Å². The number of hydrogen-bond donors (Lipinski definition) is 0. The van der Waals surface area contributed by atoms with Crippen LogP contribution in [0, 0.1) is 87.8 Å². The van der Waals surface area contributed by atoms with Gasteiger partial charge in [-0.1, -0.05) is 200 Å². The zero-order chi connectivity index (χ0) is 76.5. The first-order chi connectivity index (χ1) is 50.7. The molecule has 0 aliphatic heterocycles. The molecule has 612 valence electrons. The molecule has 6 bridgehead atoms. The number of ether oxygens (including phenoxy) is 9. The molecule has 15 unspecified atom stereocenters. The van der Waals surface area contributed by atoms with Crippen LogP contribution in [-0.4, -0.2) is 110 Å². The van der Waals surface area contributed by atoms with Crippen LogP contribution in [0.15, 0.2) is 60.7 Å². The van der Waals surface area contributed by atoms with Crippen molar-refractivity contribution in [1.29, 1.82) is 0 Å². The zero-order valence-electron chi connectivity index (χ0n) is 72.4. The van der Waals surface area contributed by atoms with Gasteiger partial charge in [-0.25, -0.2) is 0 Å². The van der Waals surface area contributed by atoms with E-state index >= 15 is 0 Å². The minimum absolute atomic E-state index is 0.341. The van der Waals surface area contributed by atoms with Crippen LogP contribution in [0.5, 0.6) is 0 Å². The van der Waals surface area contributed by atoms with Gasteiger partial charge >= 0.3 is 0 Å². The van der Waals surface area contributed by atoms with Gasteiger partial charge in [-0.15, -0.1) is 0 Å². The van der Waals surface area contributed by atoms with Crippen molar-refractivity contribution in [3.8, 4) is 0 Å². The largest absolute Gasteiger partial charge is 0.382 e. The third kappa shape index (κ3) is 39.4. The maximum absolute atomic E-state index is 5.92. The van der Waals surface area contributed by atoms with E-state index in [0.717, 1.165) is 176 Å². The molecule has 10 fully saturated rings. The summed E-state index contributed by atoms with van der Waals surface area (Å²) in [5, 5.41) is 0. The summed E-state index contributed by atoms with van der Waals surface area (Å²) in [4.78, 5) is 0. The Morgan fingerprint density at radius 2 is 0.933 bits per heavy atom. The topological polar surface area (TPSA) is 83.1 Å². The molecule has 105 heavy (non-hydrogen) atoms. The van der Waals surface area contributed by atoms with Crippen molar-refractivity contribution in [2.24, 2.45) is 87.8 Å². The van der Waals surface area contributed by atoms with Crippen LogP contribution < -0.4 is 0 Å². The molecule has 2 aromatic carbocycles. The Hall–Kier alpha value is -1.92. The molecule has 9 nitrogen and oxygen atoms in total. The molecule has 0 radical (unpaired) electrons. The summed E-state index contributed by atoms with van der Waals surface area (Å²) in [5.41, 5.74) is 3.31. The fourth-order valence-corrected chi connectivity index (χ4v) is 19.2. The van der Waals surface area contributed by atoms with Gasteiger partial charge in [-0.3, -0.25) is 0 Å². The predicted octanol–water partition coefficient (Wildman–Crippen LogP) is 26.3. The summed E-state index contributed by atoms with van der Waals surface area (Å²) in [6, 6.07) is 20.7. The van der Waals surface area contributed by atoms with Crippen LogP contribution in [0.25, 0.3) is 0 Å². The molecule has 2 aromatic rings. The third-order valence-electron chi connectivity index (χ3n) is 26.3. The highest BCUT2D eigenvalue weighted by Crippen LogP contribution is 2.52. The molecule has 0 amide bonds. The lowest BCUT2D eigenvalue weighted by molar-refractivity contribution is -0.106. The van der Waals surface area contributed by atoms with E-state index in [2.05, 4.69) is 161 Å². The number of hydrogen-bond acceptors (Lipinski definition) is 9. The molecule has 12 rings (SSSR count). The van der Waals surface area contributed by atoms with E-state index in [-0.39, 0.29) is 0 Å². The van der Waals surface area contributed by atoms with Gasteiger partial charge in [0.05, 0.1) is 43.7 Å². The molecule has 15 atom stereocenters. The lowest BCUT2D eigenvalue weighted by Gasteiger charge is -2.50. The summed E-state index contributed by atoms with van der Waals surface area (Å²) < 4.78 is 50.0. The fraction of sp³-hybridized carbons (Fsp3) is 0.875. The van der Waals surface area contributed by atoms with Crippen LogP contribution in [0.3, 0.4) is 0 Å². The first-order valence-corrected chi connectivity index (χ1v) is 45.2. The van der Waals surface area contributed by atoms with E-state index in [0.29, 0.717) is 41.3 Å². The Morgan fingerprint density at radius 1 is 0.429 bits per heavy atom. The molecular formula is C96H174O9. The van der Waals surface area contributed by atoms with Crippen molar-refractivity contribution >= 4 is 0 Å². The van der Waals surface area contributed by atoms with Gasteiger partial charge in [0.1, 0.15) is 0 Å². The van der Waals surface area contributed by atoms with Crippen LogP contribution in [0.2, 0.25) is 0 Å². The minimum Gasteiger partial charge on any atom is -0.382 e. The molecule has 0 spiro atoms. The standard InChI is InChI=1S/C13H26O.C12H24O.C11H20O.2C11H16O.C10H18O.C10H20O.C9H16O.C9H18O/c1-6-14-11-9-7-8-10-13(11,5)12(2,3)4;1-5-13-12-8-10(4)6-7-11(12)9(2)3;1-2-12-6-5-11-8-9-3-4-10(11)7-9;1-10(2)12-9-8-11-6-4-3-5-7-11;1-3-10(2)12-9-11-7-5-4-6-8-11;1-2-11-7-10-6-8-3-4-9(10)5-8;1-2-11-9-8-10-6-4-3-5-7-10;1-2-10-9-6-7-3-4-8(9)5-7;1-2-10-8-9-6-4-3-5-7-9/h11H,6-10H2,1-5H3;9-12H,5-8H2,1-4H3;9-11H,2-8H2,1H3;3-7,10H,8-9H2,1-2H3;4-8,10H,3,9H2,1-2H3;8-10H,2-7H2,1H3;10H,2-9H2,1H3;7-9H,2-6H2,1H3;9H,2-8H2,1H3. The van der Waals surface area contributed by atoms with E-state index in [4.69, 9.17) is 42.6 Å². The fourth-order valence-electron chi connectivity index (χ4n) is 19.2. The average Bonchev–Trinajstić information content (AvgIpc) is 1.73. The van der Waals surface area contributed by atoms with Gasteiger partial charge in [0.2, 0.25) is 0 Å². The Bertz CT molecular complexity index is 2280. The Balaban J connectivity index is 0.000000250. The SMILES string of the molecule is CC(C)OCCc1ccccc1.CCC(C)OCc1ccccc1.CCOC1CC(C)CCC1C(C)C.CCOC1CC2CCC1C2.CCOC1CCCCC1(C)C(C)(C)C.CCOCC1CC2CCC1C2.CCOCC1CCCCC1.CCOCCC1CC2CCC1C2.CCOCCC1CCCCC1. The van der Waals surface area contributed by atoms with Gasteiger partial charge in [-0.2, -0.15) is 0 Å². The summed E-state index contributed by atoms with van der Waals surface area (Å²) in [6.45, 7) is 51.3. The molecule has 0 saturated heterocycles. The highest BCUT2D eigenvalue weighted by atomic mass is 16.5. The van der Waals surface area contributed by atoms with Crippen molar-refractivity contribution in [2.45, 2.75) is 374 Å². The summed E-state index contributed by atoms with van der Waals surface area (Å²) >= 11 is 0. The van der Waals surface area contributed by atoms with Crippen molar-refractivity contribution < 1.29 is 42.6 Å². The first kappa shape index (κ1) is 95.5. The monoisotopic (exact) mass is 1470 g/mol. The molecule has 9 heteroatoms. The molecule has 10 aliphatic rings. The van der Waals surface area contributed by atoms with Crippen molar-refractivity contribution in [3.63, 3.8) is 0 Å². The lowest BCUT2D eigenvalue weighted by atomic mass is 9.59. The third-order valence-corrected chi connectivity index (χ3v) is 26.3. The van der Waals surface area contributed by atoms with E-state index in [1.807, 2.05) is 24.3 Å². The average molecular weight is 1470 g/mol. The van der Waals surface area contributed by atoms with Crippen LogP contribution >= 0.6 is 0 Å². The summed E-state index contributed by atoms with van der Waals surface area (Å²) in [7, 11) is 0. The van der Waals surface area contributed by atoms with E-state index < -0.39 is 0 Å². The highest BCUT2D eigenvalue weighted by Gasteiger charge is 2.46. The quantitative estimate of drug-likeness (QED) is 0.0740. The summed E-state index contributed by atoms with van der Waals surface area (Å²) in [5.74, 6) is 12.5. The second-order valence-electron chi connectivity index (χ2n) is 35.7. The molecule has 10 aliphatic carbocycles. The highest BCUT2D eigenvalue weighted by molar-refractivity contribution is 5.15. The van der Waals surface area contributed by atoms with E-state index in [1.165, 1.54) is 210 Å². The molecule has 10 saturated carbocycles. The number of fused-ring (bicyclic) bond motifs is 6. The summed E-state index contributed by atoms with van der Waals surface area (Å²) in [6.07, 6.45) is 48.6.